The summed E-state index contributed by atoms with van der Waals surface area (Å²) in [7, 11) is 1.48. The van der Waals surface area contributed by atoms with Gasteiger partial charge < -0.3 is 30.4 Å². The third kappa shape index (κ3) is 9.23. The smallest absolute Gasteiger partial charge is 0.408 e. The standard InChI is InChI=1S/C33H42FN3O6/c1-31(2,3)43-30(40)37-32(4,5)23-19-25(21-8-11-24(34)12-9-21)36-29(20-23)33(6,35)15-14-26(39)22-10-13-27(42-17-16-38)28(18-22)41-7/h8-13,18-20,38H,14-17,35H2,1-7H3,(H,37,40). The number of nitrogens with one attached hydrogen (secondary N) is 1. The molecule has 0 saturated heterocycles. The highest BCUT2D eigenvalue weighted by Gasteiger charge is 2.31. The van der Waals surface area contributed by atoms with Gasteiger partial charge in [-0.3, -0.25) is 9.78 Å². The fourth-order valence-corrected chi connectivity index (χ4v) is 4.34. The number of hydrogen-bond acceptors (Lipinski definition) is 8. The second kappa shape index (κ2) is 13.5. The van der Waals surface area contributed by atoms with E-state index in [1.54, 1.807) is 58.0 Å². The van der Waals surface area contributed by atoms with Gasteiger partial charge in [0.2, 0.25) is 0 Å². The van der Waals surface area contributed by atoms with Crippen LogP contribution in [0.3, 0.4) is 0 Å². The minimum absolute atomic E-state index is 0.102. The van der Waals surface area contributed by atoms with Crippen molar-refractivity contribution in [1.82, 2.24) is 10.3 Å². The Morgan fingerprint density at radius 2 is 1.65 bits per heavy atom. The van der Waals surface area contributed by atoms with Crippen LogP contribution in [0.1, 0.15) is 76.0 Å². The molecule has 1 aromatic heterocycles. The molecular formula is C33H42FN3O6. The summed E-state index contributed by atoms with van der Waals surface area (Å²) in [4.78, 5) is 30.7. The number of nitrogens with zero attached hydrogens (tertiary/aromatic N) is 1. The lowest BCUT2D eigenvalue weighted by atomic mass is 9.86. The number of Topliss-reactive ketones (excluding diaryl/α,β-unsaturated/α-hetero) is 1. The molecule has 232 valence electrons. The predicted molar refractivity (Wildman–Crippen MR) is 163 cm³/mol. The van der Waals surface area contributed by atoms with E-state index >= 15 is 0 Å². The Labute approximate surface area is 252 Å². The van der Waals surface area contributed by atoms with Crippen LogP contribution in [-0.4, -0.2) is 47.9 Å². The van der Waals surface area contributed by atoms with Crippen molar-refractivity contribution < 1.29 is 33.3 Å². The number of ketones is 1. The van der Waals surface area contributed by atoms with Gasteiger partial charge in [0, 0.05) is 17.5 Å². The van der Waals surface area contributed by atoms with E-state index in [2.05, 4.69) is 5.32 Å². The molecule has 0 bridgehead atoms. The first-order chi connectivity index (χ1) is 20.0. The van der Waals surface area contributed by atoms with Crippen LogP contribution in [0, 0.1) is 5.82 Å². The van der Waals surface area contributed by atoms with Gasteiger partial charge in [-0.05, 0) is 108 Å². The number of methoxy groups -OCH3 is 1. The van der Waals surface area contributed by atoms with E-state index in [0.717, 1.165) is 0 Å². The van der Waals surface area contributed by atoms with Crippen LogP contribution in [0.2, 0.25) is 0 Å². The van der Waals surface area contributed by atoms with Crippen molar-refractivity contribution in [1.29, 1.82) is 0 Å². The van der Waals surface area contributed by atoms with Gasteiger partial charge in [0.25, 0.3) is 0 Å². The number of ether oxygens (including phenoxy) is 3. The molecular weight excluding hydrogens is 553 g/mol. The van der Waals surface area contributed by atoms with E-state index in [1.807, 2.05) is 26.0 Å². The number of hydrogen-bond donors (Lipinski definition) is 3. The van der Waals surface area contributed by atoms with Crippen molar-refractivity contribution in [3.63, 3.8) is 0 Å². The van der Waals surface area contributed by atoms with E-state index in [9.17, 15) is 14.0 Å². The molecule has 0 aliphatic heterocycles. The zero-order valence-corrected chi connectivity index (χ0v) is 25.9. The number of pyridine rings is 1. The second-order valence-corrected chi connectivity index (χ2v) is 12.2. The Balaban J connectivity index is 1.92. The highest BCUT2D eigenvalue weighted by Crippen LogP contribution is 2.33. The van der Waals surface area contributed by atoms with Gasteiger partial charge in [0.05, 0.1) is 36.2 Å². The first kappa shape index (κ1) is 33.5. The maximum Gasteiger partial charge on any atom is 0.408 e. The monoisotopic (exact) mass is 595 g/mol. The Morgan fingerprint density at radius 3 is 2.26 bits per heavy atom. The van der Waals surface area contributed by atoms with Crippen LogP contribution in [0.4, 0.5) is 9.18 Å². The lowest BCUT2D eigenvalue weighted by Gasteiger charge is -2.31. The zero-order valence-electron chi connectivity index (χ0n) is 25.9. The molecule has 0 fully saturated rings. The van der Waals surface area contributed by atoms with Crippen LogP contribution in [0.5, 0.6) is 11.5 Å². The molecule has 1 atom stereocenters. The molecule has 3 rings (SSSR count). The molecule has 10 heteroatoms. The number of carbonyl (C=O) groups excluding carboxylic acids is 2. The minimum atomic E-state index is -1.04. The highest BCUT2D eigenvalue weighted by molar-refractivity contribution is 5.96. The van der Waals surface area contributed by atoms with E-state index < -0.39 is 22.8 Å². The van der Waals surface area contributed by atoms with Crippen molar-refractivity contribution in [3.8, 4) is 22.8 Å². The van der Waals surface area contributed by atoms with Crippen LogP contribution >= 0.6 is 0 Å². The number of aliphatic hydroxyl groups excluding tert-OH is 1. The maximum absolute atomic E-state index is 13.7. The fourth-order valence-electron chi connectivity index (χ4n) is 4.34. The predicted octanol–water partition coefficient (Wildman–Crippen LogP) is 5.86. The highest BCUT2D eigenvalue weighted by atomic mass is 19.1. The van der Waals surface area contributed by atoms with Crippen molar-refractivity contribution in [2.45, 2.75) is 71.1 Å². The molecule has 2 aromatic carbocycles. The number of alkyl carbamates (subject to hydrolysis) is 1. The fraction of sp³-hybridized carbons (Fsp3) is 0.424. The van der Waals surface area contributed by atoms with Gasteiger partial charge in [-0.1, -0.05) is 0 Å². The van der Waals surface area contributed by atoms with Gasteiger partial charge in [-0.25, -0.2) is 9.18 Å². The molecule has 3 aromatic rings. The lowest BCUT2D eigenvalue weighted by molar-refractivity contribution is 0.0470. The zero-order chi connectivity index (χ0) is 32.0. The lowest BCUT2D eigenvalue weighted by Crippen LogP contribution is -2.44. The van der Waals surface area contributed by atoms with E-state index in [1.165, 1.54) is 19.2 Å². The van der Waals surface area contributed by atoms with Crippen LogP contribution in [0.15, 0.2) is 54.6 Å². The number of aromatic nitrogens is 1. The Bertz CT molecular complexity index is 1430. The van der Waals surface area contributed by atoms with E-state index in [4.69, 9.17) is 30.0 Å². The van der Waals surface area contributed by atoms with Gasteiger partial charge >= 0.3 is 6.09 Å². The SMILES string of the molecule is COc1cc(C(=O)CCC(C)(N)c2cc(C(C)(C)NC(=O)OC(C)(C)C)cc(-c3ccc(F)cc3)n2)ccc1OCCO. The van der Waals surface area contributed by atoms with Gasteiger partial charge in [0.15, 0.2) is 17.3 Å². The summed E-state index contributed by atoms with van der Waals surface area (Å²) >= 11 is 0. The van der Waals surface area contributed by atoms with Crippen LogP contribution in [-0.2, 0) is 15.8 Å². The summed E-state index contributed by atoms with van der Waals surface area (Å²) in [5.74, 6) is 0.283. The number of aliphatic hydroxyl groups is 1. The average Bonchev–Trinajstić information content (AvgIpc) is 2.93. The molecule has 1 amide bonds. The molecule has 1 heterocycles. The van der Waals surface area contributed by atoms with Crippen molar-refractivity contribution in [3.05, 3.63) is 77.2 Å². The summed E-state index contributed by atoms with van der Waals surface area (Å²) in [6.45, 7) is 10.8. The average molecular weight is 596 g/mol. The second-order valence-electron chi connectivity index (χ2n) is 12.2. The summed E-state index contributed by atoms with van der Waals surface area (Å²) < 4.78 is 30.0. The maximum atomic E-state index is 13.7. The van der Waals surface area contributed by atoms with Crippen LogP contribution in [0.25, 0.3) is 11.3 Å². The van der Waals surface area contributed by atoms with Crippen molar-refractivity contribution >= 4 is 11.9 Å². The topological polar surface area (TPSA) is 133 Å². The van der Waals surface area contributed by atoms with E-state index in [0.29, 0.717) is 39.6 Å². The number of carbonyl (C=O) groups is 2. The Hall–Kier alpha value is -4.02. The third-order valence-corrected chi connectivity index (χ3v) is 6.79. The van der Waals surface area contributed by atoms with Gasteiger partial charge in [-0.15, -0.1) is 0 Å². The number of rotatable bonds is 12. The summed E-state index contributed by atoms with van der Waals surface area (Å²) in [6.07, 6.45) is -0.205. The Morgan fingerprint density at radius 1 is 0.977 bits per heavy atom. The summed E-state index contributed by atoms with van der Waals surface area (Å²) in [5, 5.41) is 11.9. The van der Waals surface area contributed by atoms with E-state index in [-0.39, 0.29) is 37.7 Å². The molecule has 0 spiro atoms. The van der Waals surface area contributed by atoms with Gasteiger partial charge in [-0.2, -0.15) is 0 Å². The molecule has 0 radical (unpaired) electrons. The quantitative estimate of drug-likeness (QED) is 0.222. The number of amides is 1. The molecule has 1 unspecified atom stereocenters. The molecule has 4 N–H and O–H groups in total. The number of halogens is 1. The molecule has 0 saturated carbocycles. The molecule has 43 heavy (non-hydrogen) atoms. The third-order valence-electron chi connectivity index (χ3n) is 6.79. The summed E-state index contributed by atoms with van der Waals surface area (Å²) in [5.41, 5.74) is 7.04. The first-order valence-electron chi connectivity index (χ1n) is 14.1. The Kier molecular flexibility index (Phi) is 10.5. The number of nitrogens with two attached hydrogens (primary N) is 1. The van der Waals surface area contributed by atoms with Gasteiger partial charge in [0.1, 0.15) is 18.0 Å². The first-order valence-corrected chi connectivity index (χ1v) is 14.1. The number of benzene rings is 2. The molecule has 0 aliphatic rings. The normalized spacial score (nSPS) is 13.2. The largest absolute Gasteiger partial charge is 0.493 e. The van der Waals surface area contributed by atoms with Crippen LogP contribution < -0.4 is 20.5 Å². The molecule has 9 nitrogen and oxygen atoms in total. The summed E-state index contributed by atoms with van der Waals surface area (Å²) in [6, 6.07) is 14.4. The minimum Gasteiger partial charge on any atom is -0.493 e. The van der Waals surface area contributed by atoms with Crippen molar-refractivity contribution in [2.75, 3.05) is 20.3 Å². The molecule has 0 aliphatic carbocycles. The van der Waals surface area contributed by atoms with Crippen molar-refractivity contribution in [2.24, 2.45) is 5.73 Å².